The van der Waals surface area contributed by atoms with Gasteiger partial charge >= 0.3 is 5.97 Å². The molecule has 1 aromatic heterocycles. The number of aliphatic carboxylic acids is 1. The van der Waals surface area contributed by atoms with Crippen LogP contribution in [0.3, 0.4) is 0 Å². The highest BCUT2D eigenvalue weighted by molar-refractivity contribution is 7.17. The van der Waals surface area contributed by atoms with Gasteiger partial charge < -0.3 is 20.5 Å². The van der Waals surface area contributed by atoms with Crippen LogP contribution in [0.4, 0.5) is 8.78 Å². The Morgan fingerprint density at radius 1 is 0.943 bits per heavy atom. The summed E-state index contributed by atoms with van der Waals surface area (Å²) in [6.07, 6.45) is 1.47. The van der Waals surface area contributed by atoms with Crippen molar-refractivity contribution in [2.24, 2.45) is 5.92 Å². The molecule has 0 atom stereocenters. The van der Waals surface area contributed by atoms with E-state index in [1.165, 1.54) is 0 Å². The number of carboxylic acid groups (broad SMARTS) is 1. The molecule has 0 saturated heterocycles. The monoisotopic (exact) mass is 502 g/mol. The average molecular weight is 503 g/mol. The molecule has 0 unspecified atom stereocenters. The normalized spacial score (nSPS) is 17.7. The average Bonchev–Trinajstić information content (AvgIpc) is 3.29. The Morgan fingerprint density at radius 2 is 1.60 bits per heavy atom. The smallest absolute Gasteiger partial charge is 0.306 e. The molecule has 3 aromatic rings. The molecular formula is C25H24F2N2O5S. The highest BCUT2D eigenvalue weighted by Crippen LogP contribution is 2.29. The summed E-state index contributed by atoms with van der Waals surface area (Å²) in [5.74, 6) is -4.72. The van der Waals surface area contributed by atoms with Crippen LogP contribution in [0.2, 0.25) is 0 Å². The summed E-state index contributed by atoms with van der Waals surface area (Å²) >= 11 is 1.58. The maximum Gasteiger partial charge on any atom is 0.306 e. The van der Waals surface area contributed by atoms with Gasteiger partial charge in [0.25, 0.3) is 11.8 Å². The van der Waals surface area contributed by atoms with Crippen molar-refractivity contribution in [3.63, 3.8) is 0 Å². The molecule has 2 amide bonds. The lowest BCUT2D eigenvalue weighted by atomic mass is 9.87. The predicted molar refractivity (Wildman–Crippen MR) is 127 cm³/mol. The van der Waals surface area contributed by atoms with E-state index in [4.69, 9.17) is 9.84 Å². The summed E-state index contributed by atoms with van der Waals surface area (Å²) < 4.78 is 35.7. The van der Waals surface area contributed by atoms with Crippen molar-refractivity contribution in [2.75, 3.05) is 13.1 Å². The van der Waals surface area contributed by atoms with Gasteiger partial charge in [0.05, 0.1) is 12.0 Å². The van der Waals surface area contributed by atoms with Gasteiger partial charge in [-0.2, -0.15) is 0 Å². The first-order valence-electron chi connectivity index (χ1n) is 11.2. The van der Waals surface area contributed by atoms with E-state index in [-0.39, 0.29) is 30.9 Å². The van der Waals surface area contributed by atoms with E-state index in [1.54, 1.807) is 23.5 Å². The van der Waals surface area contributed by atoms with Crippen LogP contribution >= 0.6 is 11.3 Å². The molecule has 3 N–H and O–H groups in total. The predicted octanol–water partition coefficient (Wildman–Crippen LogP) is 4.36. The quantitative estimate of drug-likeness (QED) is 0.397. The third kappa shape index (κ3) is 5.94. The van der Waals surface area contributed by atoms with E-state index < -0.39 is 35.0 Å². The molecule has 0 spiro atoms. The van der Waals surface area contributed by atoms with E-state index in [1.807, 2.05) is 17.5 Å². The van der Waals surface area contributed by atoms with Crippen LogP contribution in [-0.2, 0) is 4.79 Å². The van der Waals surface area contributed by atoms with Gasteiger partial charge in [0.2, 0.25) is 0 Å². The molecule has 1 aliphatic rings. The van der Waals surface area contributed by atoms with Crippen LogP contribution in [0.25, 0.3) is 10.1 Å². The maximum absolute atomic E-state index is 14.5. The largest absolute Gasteiger partial charge is 0.490 e. The molecule has 10 heteroatoms. The fourth-order valence-corrected chi connectivity index (χ4v) is 4.88. The summed E-state index contributed by atoms with van der Waals surface area (Å²) in [4.78, 5) is 35.7. The van der Waals surface area contributed by atoms with Gasteiger partial charge in [0.15, 0.2) is 0 Å². The fourth-order valence-electron chi connectivity index (χ4n) is 4.11. The number of hydrogen-bond acceptors (Lipinski definition) is 5. The van der Waals surface area contributed by atoms with E-state index in [9.17, 15) is 23.2 Å². The van der Waals surface area contributed by atoms with E-state index in [0.717, 1.165) is 22.2 Å². The number of halogens is 2. The molecule has 1 fully saturated rings. The molecule has 0 bridgehead atoms. The van der Waals surface area contributed by atoms with Crippen molar-refractivity contribution in [3.05, 3.63) is 64.5 Å². The number of carbonyl (C=O) groups is 3. The van der Waals surface area contributed by atoms with Crippen molar-refractivity contribution in [3.8, 4) is 5.75 Å². The minimum absolute atomic E-state index is 0.0186. The first-order chi connectivity index (χ1) is 16.8. The zero-order valence-corrected chi connectivity index (χ0v) is 19.5. The van der Waals surface area contributed by atoms with Crippen molar-refractivity contribution < 1.29 is 33.0 Å². The molecule has 184 valence electrons. The number of carbonyl (C=O) groups excluding carboxylic acids is 2. The number of thiophene rings is 1. The molecule has 2 aromatic carbocycles. The van der Waals surface area contributed by atoms with Crippen molar-refractivity contribution in [2.45, 2.75) is 31.8 Å². The number of benzene rings is 2. The Kier molecular flexibility index (Phi) is 7.60. The number of carboxylic acids is 1. The molecule has 4 rings (SSSR count). The second-order valence-corrected chi connectivity index (χ2v) is 9.32. The summed E-state index contributed by atoms with van der Waals surface area (Å²) in [6.45, 7) is 0.0604. The Hall–Kier alpha value is -3.53. The number of rotatable bonds is 8. The van der Waals surface area contributed by atoms with Crippen molar-refractivity contribution in [1.82, 2.24) is 10.6 Å². The molecule has 1 heterocycles. The molecular weight excluding hydrogens is 478 g/mol. The van der Waals surface area contributed by atoms with Crippen molar-refractivity contribution >= 4 is 39.2 Å². The van der Waals surface area contributed by atoms with Crippen LogP contribution in [0.15, 0.2) is 41.8 Å². The minimum atomic E-state index is -1.06. The molecule has 0 aliphatic heterocycles. The van der Waals surface area contributed by atoms with E-state index >= 15 is 0 Å². The Balaban J connectivity index is 1.27. The van der Waals surface area contributed by atoms with Gasteiger partial charge in [0, 0.05) is 35.5 Å². The fraction of sp³-hybridized carbons (Fsp3) is 0.320. The third-order valence-corrected chi connectivity index (χ3v) is 6.88. The highest BCUT2D eigenvalue weighted by atomic mass is 32.1. The molecule has 35 heavy (non-hydrogen) atoms. The first kappa shape index (κ1) is 24.6. The van der Waals surface area contributed by atoms with Crippen LogP contribution < -0.4 is 15.4 Å². The van der Waals surface area contributed by atoms with Crippen LogP contribution in [0.1, 0.15) is 46.4 Å². The van der Waals surface area contributed by atoms with Crippen LogP contribution in [-0.4, -0.2) is 42.1 Å². The van der Waals surface area contributed by atoms with Crippen molar-refractivity contribution in [1.29, 1.82) is 0 Å². The van der Waals surface area contributed by atoms with Crippen LogP contribution in [0, 0.1) is 17.6 Å². The number of nitrogens with one attached hydrogen (secondary N) is 2. The Morgan fingerprint density at radius 3 is 2.26 bits per heavy atom. The zero-order chi connectivity index (χ0) is 24.9. The first-order valence-corrected chi connectivity index (χ1v) is 12.1. The minimum Gasteiger partial charge on any atom is -0.490 e. The summed E-state index contributed by atoms with van der Waals surface area (Å²) in [5, 5.41) is 17.0. The second kappa shape index (κ2) is 10.8. The lowest BCUT2D eigenvalue weighted by Gasteiger charge is -2.26. The van der Waals surface area contributed by atoms with Gasteiger partial charge in [-0.25, -0.2) is 8.78 Å². The second-order valence-electron chi connectivity index (χ2n) is 8.38. The lowest BCUT2D eigenvalue weighted by Crippen LogP contribution is -2.35. The summed E-state index contributed by atoms with van der Waals surface area (Å²) in [5.41, 5.74) is -0.257. The summed E-state index contributed by atoms with van der Waals surface area (Å²) in [6, 6.07) is 9.15. The number of amides is 2. The zero-order valence-electron chi connectivity index (χ0n) is 18.7. The van der Waals surface area contributed by atoms with E-state index in [2.05, 4.69) is 10.6 Å². The SMILES string of the molecule is O=C(NCCNC(=O)c1c(F)cc(OC2CCC(C(=O)O)CC2)cc1F)c1ccc2sccc2c1. The van der Waals surface area contributed by atoms with Crippen LogP contribution in [0.5, 0.6) is 5.75 Å². The molecule has 7 nitrogen and oxygen atoms in total. The van der Waals surface area contributed by atoms with E-state index in [0.29, 0.717) is 31.2 Å². The van der Waals surface area contributed by atoms with Gasteiger partial charge in [-0.05, 0) is 60.7 Å². The number of fused-ring (bicyclic) bond motifs is 1. The standard InChI is InChI=1S/C25H24F2N2O5S/c26-19-12-18(34-17-4-1-14(2-5-17)25(32)33)13-20(27)22(19)24(31)29-9-8-28-23(30)16-3-6-21-15(11-16)7-10-35-21/h3,6-7,10-14,17H,1-2,4-5,8-9H2,(H,28,30)(H,29,31)(H,32,33). The van der Waals surface area contributed by atoms with Gasteiger partial charge in [-0.15, -0.1) is 11.3 Å². The van der Waals surface area contributed by atoms with Gasteiger partial charge in [0.1, 0.15) is 22.9 Å². The Labute approximate surface area is 204 Å². The summed E-state index contributed by atoms with van der Waals surface area (Å²) in [7, 11) is 0. The molecule has 1 aliphatic carbocycles. The Bertz CT molecular complexity index is 1230. The number of ether oxygens (including phenoxy) is 1. The van der Waals surface area contributed by atoms with Gasteiger partial charge in [-0.3, -0.25) is 14.4 Å². The van der Waals surface area contributed by atoms with Gasteiger partial charge in [-0.1, -0.05) is 0 Å². The molecule has 0 radical (unpaired) electrons. The highest BCUT2D eigenvalue weighted by Gasteiger charge is 2.27. The number of hydrogen-bond donors (Lipinski definition) is 3. The third-order valence-electron chi connectivity index (χ3n) is 5.98. The topological polar surface area (TPSA) is 105 Å². The molecule has 1 saturated carbocycles. The maximum atomic E-state index is 14.5. The lowest BCUT2D eigenvalue weighted by molar-refractivity contribution is -0.143.